The van der Waals surface area contributed by atoms with E-state index < -0.39 is 0 Å². The Bertz CT molecular complexity index is 812. The number of ether oxygens (including phenoxy) is 1. The maximum Gasteiger partial charge on any atom is 0.274 e. The van der Waals surface area contributed by atoms with Gasteiger partial charge in [0.1, 0.15) is 11.4 Å². The van der Waals surface area contributed by atoms with Gasteiger partial charge in [-0.3, -0.25) is 14.6 Å². The smallest absolute Gasteiger partial charge is 0.274 e. The third-order valence-electron chi connectivity index (χ3n) is 4.18. The van der Waals surface area contributed by atoms with Crippen molar-refractivity contribution in [3.05, 3.63) is 52.5 Å². The molecule has 1 fully saturated rings. The summed E-state index contributed by atoms with van der Waals surface area (Å²) < 4.78 is 5.43. The van der Waals surface area contributed by atoms with E-state index in [-0.39, 0.29) is 24.5 Å². The molecule has 0 saturated carbocycles. The van der Waals surface area contributed by atoms with Gasteiger partial charge in [0.15, 0.2) is 6.61 Å². The molecule has 7 nitrogen and oxygen atoms in total. The number of nitrogens with zero attached hydrogens (tertiary/aromatic N) is 3. The SMILES string of the molecule is O=C(COc1ccc(Cl)cc1Cl)NC1CCN(C(=O)c2cnccn2)CC1. The van der Waals surface area contributed by atoms with E-state index in [0.29, 0.717) is 47.4 Å². The van der Waals surface area contributed by atoms with Gasteiger partial charge in [-0.25, -0.2) is 4.98 Å². The number of hydrogen-bond acceptors (Lipinski definition) is 5. The van der Waals surface area contributed by atoms with Gasteiger partial charge in [-0.2, -0.15) is 0 Å². The Balaban J connectivity index is 1.43. The summed E-state index contributed by atoms with van der Waals surface area (Å²) in [6.07, 6.45) is 5.80. The lowest BCUT2D eigenvalue weighted by atomic mass is 10.0. The molecule has 3 rings (SSSR count). The van der Waals surface area contributed by atoms with Crippen LogP contribution >= 0.6 is 23.2 Å². The van der Waals surface area contributed by atoms with Crippen molar-refractivity contribution in [3.8, 4) is 5.75 Å². The van der Waals surface area contributed by atoms with E-state index in [9.17, 15) is 9.59 Å². The second-order valence-corrected chi connectivity index (χ2v) is 6.93. The maximum absolute atomic E-state index is 12.3. The minimum atomic E-state index is -0.236. The van der Waals surface area contributed by atoms with E-state index in [1.54, 1.807) is 23.1 Å². The molecule has 1 N–H and O–H groups in total. The highest BCUT2D eigenvalue weighted by molar-refractivity contribution is 6.35. The predicted molar refractivity (Wildman–Crippen MR) is 101 cm³/mol. The lowest BCUT2D eigenvalue weighted by molar-refractivity contribution is -0.124. The Morgan fingerprint density at radius 3 is 2.67 bits per heavy atom. The first kappa shape index (κ1) is 19.4. The quantitative estimate of drug-likeness (QED) is 0.821. The van der Waals surface area contributed by atoms with Crippen molar-refractivity contribution in [2.24, 2.45) is 0 Å². The van der Waals surface area contributed by atoms with Gasteiger partial charge in [-0.05, 0) is 31.0 Å². The molecular formula is C18H18Cl2N4O3. The zero-order valence-electron chi connectivity index (χ0n) is 14.4. The normalized spacial score (nSPS) is 14.7. The molecule has 0 bridgehead atoms. The fraction of sp³-hybridized carbons (Fsp3) is 0.333. The summed E-state index contributed by atoms with van der Waals surface area (Å²) in [6.45, 7) is 0.953. The third kappa shape index (κ3) is 5.30. The Morgan fingerprint density at radius 2 is 2.00 bits per heavy atom. The van der Waals surface area contributed by atoms with Crippen molar-refractivity contribution in [3.63, 3.8) is 0 Å². The number of hydrogen-bond donors (Lipinski definition) is 1. The monoisotopic (exact) mass is 408 g/mol. The van der Waals surface area contributed by atoms with Gasteiger partial charge >= 0.3 is 0 Å². The molecule has 1 aromatic carbocycles. The summed E-state index contributed by atoms with van der Waals surface area (Å²) in [5.41, 5.74) is 0.327. The second-order valence-electron chi connectivity index (χ2n) is 6.09. The largest absolute Gasteiger partial charge is 0.482 e. The number of halogens is 2. The van der Waals surface area contributed by atoms with Crippen LogP contribution in [0.1, 0.15) is 23.3 Å². The minimum absolute atomic E-state index is 0.00676. The number of aromatic nitrogens is 2. The van der Waals surface area contributed by atoms with Gasteiger partial charge in [-0.15, -0.1) is 0 Å². The lowest BCUT2D eigenvalue weighted by Gasteiger charge is -2.32. The van der Waals surface area contributed by atoms with E-state index in [1.165, 1.54) is 18.6 Å². The van der Waals surface area contributed by atoms with Crippen molar-refractivity contribution in [1.82, 2.24) is 20.2 Å². The topological polar surface area (TPSA) is 84.4 Å². The molecular weight excluding hydrogens is 391 g/mol. The number of likely N-dealkylation sites (tertiary alicyclic amines) is 1. The molecule has 1 saturated heterocycles. The summed E-state index contributed by atoms with van der Waals surface area (Å²) in [5.74, 6) is 0.0221. The van der Waals surface area contributed by atoms with Crippen molar-refractivity contribution in [2.75, 3.05) is 19.7 Å². The van der Waals surface area contributed by atoms with Crippen molar-refractivity contribution < 1.29 is 14.3 Å². The Kier molecular flexibility index (Phi) is 6.47. The molecule has 0 atom stereocenters. The zero-order chi connectivity index (χ0) is 19.2. The van der Waals surface area contributed by atoms with Gasteiger partial charge in [0, 0.05) is 36.5 Å². The molecule has 2 aromatic rings. The van der Waals surface area contributed by atoms with Gasteiger partial charge in [0.25, 0.3) is 11.8 Å². The van der Waals surface area contributed by atoms with Crippen LogP contribution in [0.4, 0.5) is 0 Å². The van der Waals surface area contributed by atoms with Crippen LogP contribution in [0.15, 0.2) is 36.8 Å². The summed E-state index contributed by atoms with van der Waals surface area (Å²) >= 11 is 11.8. The second kappa shape index (κ2) is 9.01. The first-order valence-corrected chi connectivity index (χ1v) is 9.21. The molecule has 0 spiro atoms. The van der Waals surface area contributed by atoms with Crippen LogP contribution in [0.5, 0.6) is 5.75 Å². The number of piperidine rings is 1. The van der Waals surface area contributed by atoms with Crippen LogP contribution < -0.4 is 10.1 Å². The van der Waals surface area contributed by atoms with Gasteiger partial charge in [-0.1, -0.05) is 23.2 Å². The number of amides is 2. The van der Waals surface area contributed by atoms with E-state index in [0.717, 1.165) is 0 Å². The lowest BCUT2D eigenvalue weighted by Crippen LogP contribution is -2.47. The molecule has 142 valence electrons. The van der Waals surface area contributed by atoms with Crippen LogP contribution in [-0.2, 0) is 4.79 Å². The highest BCUT2D eigenvalue weighted by Crippen LogP contribution is 2.27. The van der Waals surface area contributed by atoms with E-state index in [2.05, 4.69) is 15.3 Å². The molecule has 1 aliphatic heterocycles. The molecule has 2 heterocycles. The molecule has 1 aromatic heterocycles. The average Bonchev–Trinajstić information content (AvgIpc) is 2.68. The number of nitrogens with one attached hydrogen (secondary N) is 1. The fourth-order valence-electron chi connectivity index (χ4n) is 2.80. The molecule has 0 radical (unpaired) electrons. The fourth-order valence-corrected chi connectivity index (χ4v) is 3.27. The number of benzene rings is 1. The summed E-state index contributed by atoms with van der Waals surface area (Å²) in [7, 11) is 0. The van der Waals surface area contributed by atoms with E-state index >= 15 is 0 Å². The average molecular weight is 409 g/mol. The van der Waals surface area contributed by atoms with E-state index in [1.807, 2.05) is 0 Å². The number of carbonyl (C=O) groups is 2. The van der Waals surface area contributed by atoms with E-state index in [4.69, 9.17) is 27.9 Å². The van der Waals surface area contributed by atoms with Gasteiger partial charge < -0.3 is 15.0 Å². The Hall–Kier alpha value is -2.38. The summed E-state index contributed by atoms with van der Waals surface area (Å²) in [6, 6.07) is 4.81. The first-order valence-electron chi connectivity index (χ1n) is 8.45. The molecule has 0 unspecified atom stereocenters. The molecule has 1 aliphatic rings. The first-order chi connectivity index (χ1) is 13.0. The predicted octanol–water partition coefficient (Wildman–Crippen LogP) is 2.58. The number of carbonyl (C=O) groups excluding carboxylic acids is 2. The molecule has 27 heavy (non-hydrogen) atoms. The molecule has 0 aliphatic carbocycles. The Labute approximate surface area is 166 Å². The van der Waals surface area contributed by atoms with Crippen molar-refractivity contribution in [1.29, 1.82) is 0 Å². The zero-order valence-corrected chi connectivity index (χ0v) is 15.9. The summed E-state index contributed by atoms with van der Waals surface area (Å²) in [4.78, 5) is 34.1. The minimum Gasteiger partial charge on any atom is -0.482 e. The third-order valence-corrected chi connectivity index (χ3v) is 4.71. The maximum atomic E-state index is 12.3. The van der Waals surface area contributed by atoms with Gasteiger partial charge in [0.2, 0.25) is 0 Å². The standard InChI is InChI=1S/C18H18Cl2N4O3/c19-12-1-2-16(14(20)9-12)27-11-17(25)23-13-3-7-24(8-4-13)18(26)15-10-21-5-6-22-15/h1-2,5-6,9-10,13H,3-4,7-8,11H2,(H,23,25). The van der Waals surface area contributed by atoms with Crippen LogP contribution in [0, 0.1) is 0 Å². The van der Waals surface area contributed by atoms with Crippen LogP contribution in [0.2, 0.25) is 10.0 Å². The van der Waals surface area contributed by atoms with Gasteiger partial charge in [0.05, 0.1) is 11.2 Å². The Morgan fingerprint density at radius 1 is 1.22 bits per heavy atom. The van der Waals surface area contributed by atoms with Crippen LogP contribution in [-0.4, -0.2) is 52.4 Å². The van der Waals surface area contributed by atoms with Crippen LogP contribution in [0.3, 0.4) is 0 Å². The van der Waals surface area contributed by atoms with Crippen molar-refractivity contribution >= 4 is 35.0 Å². The summed E-state index contributed by atoms with van der Waals surface area (Å²) in [5, 5.41) is 3.77. The molecule has 9 heteroatoms. The van der Waals surface area contributed by atoms with Crippen LogP contribution in [0.25, 0.3) is 0 Å². The highest BCUT2D eigenvalue weighted by Gasteiger charge is 2.25. The molecule has 2 amide bonds. The highest BCUT2D eigenvalue weighted by atomic mass is 35.5. The number of rotatable bonds is 5. The van der Waals surface area contributed by atoms with Crippen molar-refractivity contribution in [2.45, 2.75) is 18.9 Å².